The Hall–Kier alpha value is -3.60. The van der Waals surface area contributed by atoms with Crippen molar-refractivity contribution in [2.45, 2.75) is 47.2 Å². The van der Waals surface area contributed by atoms with Gasteiger partial charge in [0.2, 0.25) is 0 Å². The van der Waals surface area contributed by atoms with Gasteiger partial charge in [-0.05, 0) is 70.0 Å². The predicted octanol–water partition coefficient (Wildman–Crippen LogP) is 6.01. The van der Waals surface area contributed by atoms with Crippen molar-refractivity contribution >= 4 is 16.9 Å². The van der Waals surface area contributed by atoms with Crippen LogP contribution in [0, 0.1) is 20.8 Å². The number of nitrogens with zero attached hydrogens (tertiary/aromatic N) is 3. The molecule has 0 unspecified atom stereocenters. The lowest BCUT2D eigenvalue weighted by Crippen LogP contribution is -2.38. The Labute approximate surface area is 195 Å². The van der Waals surface area contributed by atoms with Crippen LogP contribution in [-0.2, 0) is 6.54 Å². The second-order valence-electron chi connectivity index (χ2n) is 8.85. The number of benzene rings is 3. The molecule has 3 aromatic carbocycles. The predicted molar refractivity (Wildman–Crippen MR) is 133 cm³/mol. The topological polar surface area (TPSA) is 47.4 Å². The van der Waals surface area contributed by atoms with Gasteiger partial charge in [0.1, 0.15) is 11.6 Å². The first-order chi connectivity index (χ1) is 15.8. The minimum atomic E-state index is 0.0103. The molecular weight excluding hydrogens is 410 g/mol. The summed E-state index contributed by atoms with van der Waals surface area (Å²) < 4.78 is 7.58. The van der Waals surface area contributed by atoms with Crippen molar-refractivity contribution in [2.24, 2.45) is 0 Å². The zero-order valence-corrected chi connectivity index (χ0v) is 20.2. The van der Waals surface area contributed by atoms with Crippen molar-refractivity contribution in [3.63, 3.8) is 0 Å². The number of imidazole rings is 1. The average molecular weight is 442 g/mol. The van der Waals surface area contributed by atoms with Crippen molar-refractivity contribution < 1.29 is 9.53 Å². The number of carbonyl (C=O) groups is 1. The fourth-order valence-electron chi connectivity index (χ4n) is 4.52. The molecular formula is C28H31N3O2. The molecule has 0 radical (unpaired) electrons. The number of methoxy groups -OCH3 is 1. The molecule has 170 valence electrons. The van der Waals surface area contributed by atoms with E-state index in [-0.39, 0.29) is 11.9 Å². The smallest absolute Gasteiger partial charge is 0.255 e. The van der Waals surface area contributed by atoms with Crippen molar-refractivity contribution in [3.05, 3.63) is 88.7 Å². The molecule has 33 heavy (non-hydrogen) atoms. The molecule has 0 bridgehead atoms. The third-order valence-electron chi connectivity index (χ3n) is 6.03. The Balaban J connectivity index is 1.82. The van der Waals surface area contributed by atoms with Crippen LogP contribution >= 0.6 is 0 Å². The normalized spacial score (nSPS) is 11.2. The summed E-state index contributed by atoms with van der Waals surface area (Å²) in [6.45, 7) is 10.6. The Kier molecular flexibility index (Phi) is 6.23. The summed E-state index contributed by atoms with van der Waals surface area (Å²) in [4.78, 5) is 20.6. The minimum Gasteiger partial charge on any atom is -0.497 e. The molecule has 0 saturated carbocycles. The molecule has 4 aromatic rings. The maximum atomic E-state index is 13.8. The van der Waals surface area contributed by atoms with E-state index in [1.165, 1.54) is 0 Å². The average Bonchev–Trinajstić information content (AvgIpc) is 3.14. The van der Waals surface area contributed by atoms with E-state index in [1.807, 2.05) is 61.2 Å². The Morgan fingerprint density at radius 2 is 1.70 bits per heavy atom. The van der Waals surface area contributed by atoms with E-state index in [1.54, 1.807) is 7.11 Å². The maximum absolute atomic E-state index is 13.8. The van der Waals surface area contributed by atoms with Gasteiger partial charge in [-0.25, -0.2) is 4.98 Å². The number of aryl methyl sites for hydroxylation is 3. The fourth-order valence-corrected chi connectivity index (χ4v) is 4.52. The lowest BCUT2D eigenvalue weighted by atomic mass is 9.98. The molecule has 1 amide bonds. The van der Waals surface area contributed by atoms with Crippen LogP contribution in [0.25, 0.3) is 16.7 Å². The first-order valence-corrected chi connectivity index (χ1v) is 11.3. The summed E-state index contributed by atoms with van der Waals surface area (Å²) in [6, 6.07) is 20.1. The largest absolute Gasteiger partial charge is 0.497 e. The number of rotatable bonds is 6. The Morgan fingerprint density at radius 1 is 1.00 bits per heavy atom. The highest BCUT2D eigenvalue weighted by Gasteiger charge is 2.25. The van der Waals surface area contributed by atoms with Gasteiger partial charge in [0.15, 0.2) is 0 Å². The summed E-state index contributed by atoms with van der Waals surface area (Å²) in [5.41, 5.74) is 6.80. The summed E-state index contributed by atoms with van der Waals surface area (Å²) in [5, 5.41) is 0. The molecule has 5 nitrogen and oxygen atoms in total. The van der Waals surface area contributed by atoms with E-state index in [0.717, 1.165) is 50.5 Å². The zero-order chi connectivity index (χ0) is 23.7. The summed E-state index contributed by atoms with van der Waals surface area (Å²) >= 11 is 0. The number of ether oxygens (including phenoxy) is 1. The Morgan fingerprint density at radius 3 is 2.36 bits per heavy atom. The lowest BCUT2D eigenvalue weighted by molar-refractivity contribution is 0.0683. The van der Waals surface area contributed by atoms with Gasteiger partial charge in [-0.15, -0.1) is 0 Å². The molecule has 0 aliphatic heterocycles. The second kappa shape index (κ2) is 9.10. The molecule has 0 aliphatic carbocycles. The monoisotopic (exact) mass is 441 g/mol. The van der Waals surface area contributed by atoms with Crippen LogP contribution in [0.15, 0.2) is 60.7 Å². The lowest BCUT2D eigenvalue weighted by Gasteiger charge is -2.28. The highest BCUT2D eigenvalue weighted by Crippen LogP contribution is 2.27. The third-order valence-corrected chi connectivity index (χ3v) is 6.03. The van der Waals surface area contributed by atoms with Gasteiger partial charge in [-0.3, -0.25) is 9.36 Å². The van der Waals surface area contributed by atoms with E-state index in [2.05, 4.69) is 43.5 Å². The number of amides is 1. The number of fused-ring (bicyclic) bond motifs is 1. The standard InChI is InChI=1S/C28H31N3O2/c1-18(2)30(28(32)27-20(4)14-19(3)15-21(27)5)17-26-29-24-12-7-8-13-25(24)31(26)22-10-9-11-23(16-22)33-6/h7-16,18H,17H2,1-6H3. The van der Waals surface area contributed by atoms with Crippen LogP contribution in [0.2, 0.25) is 0 Å². The number of hydrogen-bond donors (Lipinski definition) is 0. The Bertz CT molecular complexity index is 1300. The van der Waals surface area contributed by atoms with E-state index in [4.69, 9.17) is 9.72 Å². The van der Waals surface area contributed by atoms with Gasteiger partial charge in [0.05, 0.1) is 30.4 Å². The van der Waals surface area contributed by atoms with E-state index >= 15 is 0 Å². The van der Waals surface area contributed by atoms with E-state index in [9.17, 15) is 4.79 Å². The SMILES string of the molecule is COc1cccc(-n2c(CN(C(=O)c3c(C)cc(C)cc3C)C(C)C)nc3ccccc32)c1. The van der Waals surface area contributed by atoms with Crippen LogP contribution in [0.3, 0.4) is 0 Å². The van der Waals surface area contributed by atoms with Crippen molar-refractivity contribution in [1.82, 2.24) is 14.5 Å². The number of carbonyl (C=O) groups excluding carboxylic acids is 1. The highest BCUT2D eigenvalue weighted by atomic mass is 16.5. The summed E-state index contributed by atoms with van der Waals surface area (Å²) in [6.07, 6.45) is 0. The van der Waals surface area contributed by atoms with Gasteiger partial charge in [0, 0.05) is 17.7 Å². The van der Waals surface area contributed by atoms with Crippen LogP contribution in [0.5, 0.6) is 5.75 Å². The van der Waals surface area contributed by atoms with Gasteiger partial charge in [0.25, 0.3) is 5.91 Å². The van der Waals surface area contributed by atoms with Gasteiger partial charge < -0.3 is 9.64 Å². The summed E-state index contributed by atoms with van der Waals surface area (Å²) in [7, 11) is 1.66. The zero-order valence-electron chi connectivity index (χ0n) is 20.2. The van der Waals surface area contributed by atoms with E-state index < -0.39 is 0 Å². The van der Waals surface area contributed by atoms with Crippen molar-refractivity contribution in [3.8, 4) is 11.4 Å². The molecule has 1 aromatic heterocycles. The van der Waals surface area contributed by atoms with Gasteiger partial charge >= 0.3 is 0 Å². The quantitative estimate of drug-likeness (QED) is 0.368. The molecule has 0 aliphatic rings. The highest BCUT2D eigenvalue weighted by molar-refractivity contribution is 5.97. The van der Waals surface area contributed by atoms with Crippen molar-refractivity contribution in [1.29, 1.82) is 0 Å². The van der Waals surface area contributed by atoms with Gasteiger partial charge in [-0.2, -0.15) is 0 Å². The summed E-state index contributed by atoms with van der Waals surface area (Å²) in [5.74, 6) is 1.62. The van der Waals surface area contributed by atoms with Crippen LogP contribution < -0.4 is 4.74 Å². The van der Waals surface area contributed by atoms with Crippen LogP contribution in [0.1, 0.15) is 46.7 Å². The fraction of sp³-hybridized carbons (Fsp3) is 0.286. The molecule has 1 heterocycles. The second-order valence-corrected chi connectivity index (χ2v) is 8.85. The third kappa shape index (κ3) is 4.36. The molecule has 0 atom stereocenters. The van der Waals surface area contributed by atoms with Crippen molar-refractivity contribution in [2.75, 3.05) is 7.11 Å². The molecule has 0 N–H and O–H groups in total. The first kappa shape index (κ1) is 22.6. The molecule has 4 rings (SSSR count). The molecule has 0 saturated heterocycles. The van der Waals surface area contributed by atoms with Crippen LogP contribution in [-0.4, -0.2) is 33.5 Å². The number of aromatic nitrogens is 2. The number of para-hydroxylation sites is 2. The maximum Gasteiger partial charge on any atom is 0.255 e. The van der Waals surface area contributed by atoms with Crippen LogP contribution in [0.4, 0.5) is 0 Å². The molecule has 0 spiro atoms. The first-order valence-electron chi connectivity index (χ1n) is 11.3. The molecule has 5 heteroatoms. The minimum absolute atomic E-state index is 0.0103. The van der Waals surface area contributed by atoms with Gasteiger partial charge in [-0.1, -0.05) is 35.9 Å². The van der Waals surface area contributed by atoms with E-state index in [0.29, 0.717) is 6.54 Å². The number of hydrogen-bond acceptors (Lipinski definition) is 3. The molecule has 0 fully saturated rings.